The number of nitrogen functional groups attached to an aromatic ring is 1. The van der Waals surface area contributed by atoms with Crippen LogP contribution in [0, 0.1) is 0 Å². The fourth-order valence-electron chi connectivity index (χ4n) is 3.72. The number of carbonyl (C=O) groups is 3. The number of hydrogen-bond donors (Lipinski definition) is 4. The summed E-state index contributed by atoms with van der Waals surface area (Å²) in [6.07, 6.45) is 4.56. The van der Waals surface area contributed by atoms with Gasteiger partial charge < -0.3 is 26.7 Å². The van der Waals surface area contributed by atoms with Crippen LogP contribution in [0.3, 0.4) is 0 Å². The van der Waals surface area contributed by atoms with Crippen molar-refractivity contribution >= 4 is 81.6 Å². The van der Waals surface area contributed by atoms with Crippen LogP contribution in [0.25, 0.3) is 0 Å². The maximum absolute atomic E-state index is 13.2. The molecule has 18 heteroatoms. The van der Waals surface area contributed by atoms with Gasteiger partial charge in [0, 0.05) is 44.0 Å². The van der Waals surface area contributed by atoms with Crippen molar-refractivity contribution in [3.05, 3.63) is 40.1 Å². The quantitative estimate of drug-likeness (QED) is 0.0619. The molecule has 0 aromatic carbocycles. The first-order chi connectivity index (χ1) is 19.7. The number of alkyl halides is 1. The van der Waals surface area contributed by atoms with Crippen molar-refractivity contribution in [3.8, 4) is 0 Å². The zero-order chi connectivity index (χ0) is 29.5. The van der Waals surface area contributed by atoms with Crippen molar-refractivity contribution in [2.45, 2.75) is 34.2 Å². The Morgan fingerprint density at radius 3 is 2.93 bits per heavy atom. The molecule has 13 nitrogen and oxygen atoms in total. The van der Waals surface area contributed by atoms with Crippen LogP contribution in [0.1, 0.15) is 12.6 Å². The molecule has 0 radical (unpaired) electrons. The number of carboxylic acids is 1. The Bertz CT molecular complexity index is 1400. The van der Waals surface area contributed by atoms with E-state index in [1.165, 1.54) is 51.9 Å². The van der Waals surface area contributed by atoms with Crippen LogP contribution >= 0.6 is 46.6 Å². The molecule has 0 aliphatic carbocycles. The standard InChI is InChI=1S/C23H25FN8O5S4/c1-11(28-10-25)7-38-14-6-27-4-2-13(14)41-15-9-39-21-17(20(34)32(21)18(15)22(35)36)30-19(33)16(31-37-5-3-24)12-8-40-23(26)29-12/h2,4,6,8,10-11,17,21H,3,5,7,9H2,1H3,(H2,25,28)(H2,26,29)(H,30,33)(H,35,36)/b31-16-/t11?,17-,21+/m1/s1. The van der Waals surface area contributed by atoms with Gasteiger partial charge in [0.15, 0.2) is 10.8 Å². The summed E-state index contributed by atoms with van der Waals surface area (Å²) in [4.78, 5) is 59.0. The van der Waals surface area contributed by atoms with Crippen molar-refractivity contribution in [1.82, 2.24) is 20.2 Å². The van der Waals surface area contributed by atoms with E-state index in [2.05, 4.69) is 25.4 Å². The van der Waals surface area contributed by atoms with Gasteiger partial charge in [-0.05, 0) is 13.0 Å². The van der Waals surface area contributed by atoms with Gasteiger partial charge in [0.05, 0.1) is 12.4 Å². The highest BCUT2D eigenvalue weighted by molar-refractivity contribution is 8.07. The Hall–Kier alpha value is -3.35. The number of fused-ring (bicyclic) bond motifs is 1. The van der Waals surface area contributed by atoms with E-state index in [9.17, 15) is 23.9 Å². The maximum Gasteiger partial charge on any atom is 0.353 e. The minimum absolute atomic E-state index is 0.0256. The molecule has 2 aromatic heterocycles. The first-order valence-corrected chi connectivity index (χ1v) is 15.7. The molecule has 4 rings (SSSR count). The number of carboxylic acid groups (broad SMARTS) is 1. The van der Waals surface area contributed by atoms with E-state index in [1.807, 2.05) is 6.92 Å². The Morgan fingerprint density at radius 2 is 2.24 bits per heavy atom. The number of aliphatic carboxylic acids is 1. The van der Waals surface area contributed by atoms with Gasteiger partial charge in [-0.1, -0.05) is 16.9 Å². The molecule has 3 atom stereocenters. The van der Waals surface area contributed by atoms with E-state index in [4.69, 9.17) is 16.3 Å². The second-order valence-electron chi connectivity index (χ2n) is 8.35. The number of hydrogen-bond acceptors (Lipinski definition) is 13. The lowest BCUT2D eigenvalue weighted by Crippen LogP contribution is -2.71. The molecular weight excluding hydrogens is 616 g/mol. The van der Waals surface area contributed by atoms with Gasteiger partial charge in [-0.3, -0.25) is 24.5 Å². The van der Waals surface area contributed by atoms with Crippen molar-refractivity contribution in [1.29, 1.82) is 0 Å². The largest absolute Gasteiger partial charge is 0.477 e. The van der Waals surface area contributed by atoms with E-state index < -0.39 is 35.9 Å². The number of nitrogens with zero attached hydrogens (tertiary/aromatic N) is 5. The summed E-state index contributed by atoms with van der Waals surface area (Å²) in [5.41, 5.74) is 10.7. The normalized spacial score (nSPS) is 19.6. The molecule has 2 aliphatic rings. The molecule has 41 heavy (non-hydrogen) atoms. The summed E-state index contributed by atoms with van der Waals surface area (Å²) in [6.45, 7) is 0.723. The van der Waals surface area contributed by atoms with Crippen LogP contribution in [0.4, 0.5) is 9.52 Å². The van der Waals surface area contributed by atoms with E-state index in [0.29, 0.717) is 10.7 Å². The highest BCUT2D eigenvalue weighted by atomic mass is 32.2. The number of β-lactam (4-membered cyclic amide) rings is 1. The number of thioether (sulfide) groups is 3. The number of carbonyl (C=O) groups excluding carboxylic acids is 2. The minimum atomic E-state index is -1.26. The molecule has 0 saturated carbocycles. The third-order valence-corrected chi connectivity index (χ3v) is 10.2. The number of rotatable bonds is 13. The average Bonchev–Trinajstić information content (AvgIpc) is 3.38. The van der Waals surface area contributed by atoms with Gasteiger partial charge in [-0.2, -0.15) is 0 Å². The first kappa shape index (κ1) is 30.6. The third-order valence-electron chi connectivity index (χ3n) is 5.53. The van der Waals surface area contributed by atoms with Gasteiger partial charge in [0.2, 0.25) is 0 Å². The lowest BCUT2D eigenvalue weighted by molar-refractivity contribution is -0.150. The first-order valence-electron chi connectivity index (χ1n) is 11.9. The lowest BCUT2D eigenvalue weighted by Gasteiger charge is -2.49. The van der Waals surface area contributed by atoms with Gasteiger partial charge >= 0.3 is 5.97 Å². The molecule has 1 unspecified atom stereocenters. The number of anilines is 1. The van der Waals surface area contributed by atoms with E-state index >= 15 is 0 Å². The van der Waals surface area contributed by atoms with Gasteiger partial charge in [0.1, 0.15) is 36.1 Å². The van der Waals surface area contributed by atoms with Crippen molar-refractivity contribution in [2.75, 3.05) is 30.5 Å². The molecule has 1 fully saturated rings. The lowest BCUT2D eigenvalue weighted by atomic mass is 10.0. The Labute approximate surface area is 250 Å². The van der Waals surface area contributed by atoms with Crippen LogP contribution in [0.5, 0.6) is 0 Å². The number of oxime groups is 1. The second-order valence-corrected chi connectivity index (χ2v) is 12.5. The van der Waals surface area contributed by atoms with E-state index in [1.54, 1.807) is 18.5 Å². The SMILES string of the molecule is CC(CSc1cnccc1SC1=C(C(=O)O)N2C(=O)[C@@H](NC(=O)/C(=N\OCCF)c3csc(N)n3)[C@@H]2SC1)N=CN. The van der Waals surface area contributed by atoms with Crippen LogP contribution in [0.15, 0.2) is 54.4 Å². The average molecular weight is 641 g/mol. The maximum atomic E-state index is 13.2. The van der Waals surface area contributed by atoms with Crippen LogP contribution in [-0.2, 0) is 19.2 Å². The monoisotopic (exact) mass is 640 g/mol. The van der Waals surface area contributed by atoms with Crippen molar-refractivity contribution in [3.63, 3.8) is 0 Å². The smallest absolute Gasteiger partial charge is 0.353 e. The fraction of sp³-hybridized carbons (Fsp3) is 0.348. The highest BCUT2D eigenvalue weighted by Gasteiger charge is 2.54. The van der Waals surface area contributed by atoms with Crippen molar-refractivity contribution in [2.24, 2.45) is 15.9 Å². The van der Waals surface area contributed by atoms with Crippen LogP contribution < -0.4 is 16.8 Å². The van der Waals surface area contributed by atoms with E-state index in [0.717, 1.165) is 21.1 Å². The molecule has 4 heterocycles. The highest BCUT2D eigenvalue weighted by Crippen LogP contribution is 2.46. The van der Waals surface area contributed by atoms with Gasteiger partial charge in [0.25, 0.3) is 11.8 Å². The number of aliphatic imine (C=N–C) groups is 1. The number of halogens is 1. The summed E-state index contributed by atoms with van der Waals surface area (Å²) < 4.78 is 12.5. The number of pyridine rings is 1. The number of amides is 2. The summed E-state index contributed by atoms with van der Waals surface area (Å²) >= 11 is 5.15. The van der Waals surface area contributed by atoms with Crippen LogP contribution in [0.2, 0.25) is 0 Å². The fourth-order valence-corrected chi connectivity index (χ4v) is 7.88. The Morgan fingerprint density at radius 1 is 1.44 bits per heavy atom. The number of nitrogens with two attached hydrogens (primary N) is 2. The molecule has 1 saturated heterocycles. The van der Waals surface area contributed by atoms with Crippen LogP contribution in [-0.4, -0.2) is 92.1 Å². The summed E-state index contributed by atoms with van der Waals surface area (Å²) in [5.74, 6) is -1.72. The number of thiazole rings is 1. The zero-order valence-electron chi connectivity index (χ0n) is 21.4. The topological polar surface area (TPSA) is 198 Å². The summed E-state index contributed by atoms with van der Waals surface area (Å²) in [6, 6.07) is 0.736. The second kappa shape index (κ2) is 14.0. The molecule has 2 aromatic rings. The van der Waals surface area contributed by atoms with E-state index in [-0.39, 0.29) is 40.6 Å². The Kier molecular flexibility index (Phi) is 10.5. The molecule has 2 amide bonds. The van der Waals surface area contributed by atoms with Crippen molar-refractivity contribution < 1.29 is 28.7 Å². The minimum Gasteiger partial charge on any atom is -0.477 e. The summed E-state index contributed by atoms with van der Waals surface area (Å²) in [7, 11) is 0. The van der Waals surface area contributed by atoms with Gasteiger partial charge in [-0.15, -0.1) is 34.9 Å². The molecule has 0 spiro atoms. The number of nitrogens with one attached hydrogen (secondary N) is 1. The number of aromatic nitrogens is 2. The molecule has 218 valence electrons. The summed E-state index contributed by atoms with van der Waals surface area (Å²) in [5, 5.41) is 17.3. The predicted molar refractivity (Wildman–Crippen MR) is 158 cm³/mol. The predicted octanol–water partition coefficient (Wildman–Crippen LogP) is 1.77. The Balaban J connectivity index is 1.51. The third kappa shape index (κ3) is 7.11. The molecule has 6 N–H and O–H groups in total. The van der Waals surface area contributed by atoms with Gasteiger partial charge in [-0.25, -0.2) is 14.2 Å². The molecule has 2 aliphatic heterocycles. The molecule has 0 bridgehead atoms. The molecular formula is C23H25FN8O5S4. The zero-order valence-corrected chi connectivity index (χ0v) is 24.7.